The first-order chi connectivity index (χ1) is 8.97. The quantitative estimate of drug-likeness (QED) is 0.741. The van der Waals surface area contributed by atoms with Crippen molar-refractivity contribution in [1.82, 2.24) is 0 Å². The topological polar surface area (TPSA) is 38.7 Å². The van der Waals surface area contributed by atoms with Gasteiger partial charge in [-0.1, -0.05) is 33.3 Å². The molecule has 0 aromatic carbocycles. The lowest BCUT2D eigenvalue weighted by atomic mass is 9.50. The Kier molecular flexibility index (Phi) is 3.08. The lowest BCUT2D eigenvalue weighted by Gasteiger charge is -2.59. The molecule has 3 heteroatoms. The maximum absolute atomic E-state index is 11.2. The SMILES string of the molecule is C=C1COC2CC3CCCC(C)C3(C)C(O)C12OC. The second-order valence-electron chi connectivity index (χ2n) is 6.93. The molecular formula is C16H26O3. The van der Waals surface area contributed by atoms with E-state index >= 15 is 0 Å². The molecule has 19 heavy (non-hydrogen) atoms. The van der Waals surface area contributed by atoms with Crippen LogP contribution in [-0.2, 0) is 9.47 Å². The van der Waals surface area contributed by atoms with Crippen molar-refractivity contribution in [3.63, 3.8) is 0 Å². The molecule has 1 N–H and O–H groups in total. The monoisotopic (exact) mass is 266 g/mol. The standard InChI is InChI=1S/C16H26O3/c1-10-6-5-7-12-8-13-16(18-4,11(2)9-19-13)14(17)15(10,12)3/h10,12-14,17H,2,5-9H2,1,3-4H3. The molecule has 0 amide bonds. The third-order valence-electron chi connectivity index (χ3n) is 6.45. The molecule has 2 aliphatic carbocycles. The Bertz CT molecular complexity index is 393. The second kappa shape index (κ2) is 4.31. The van der Waals surface area contributed by atoms with Gasteiger partial charge < -0.3 is 14.6 Å². The summed E-state index contributed by atoms with van der Waals surface area (Å²) < 4.78 is 11.7. The fourth-order valence-electron chi connectivity index (χ4n) is 4.95. The van der Waals surface area contributed by atoms with Crippen LogP contribution in [0.2, 0.25) is 0 Å². The Morgan fingerprint density at radius 1 is 1.42 bits per heavy atom. The number of aliphatic hydroxyl groups excluding tert-OH is 1. The number of methoxy groups -OCH3 is 1. The van der Waals surface area contributed by atoms with Gasteiger partial charge in [-0.2, -0.15) is 0 Å². The van der Waals surface area contributed by atoms with Crippen LogP contribution in [0.3, 0.4) is 0 Å². The van der Waals surface area contributed by atoms with Crippen LogP contribution in [0, 0.1) is 17.3 Å². The molecular weight excluding hydrogens is 240 g/mol. The fraction of sp³-hybridized carbons (Fsp3) is 0.875. The molecule has 0 radical (unpaired) electrons. The van der Waals surface area contributed by atoms with E-state index in [-0.39, 0.29) is 11.5 Å². The molecule has 0 spiro atoms. The van der Waals surface area contributed by atoms with Crippen LogP contribution in [0.1, 0.15) is 39.5 Å². The molecule has 3 rings (SSSR count). The predicted molar refractivity (Wildman–Crippen MR) is 73.9 cm³/mol. The normalized spacial score (nSPS) is 53.8. The first-order valence-corrected chi connectivity index (χ1v) is 7.51. The number of hydrogen-bond acceptors (Lipinski definition) is 3. The zero-order valence-corrected chi connectivity index (χ0v) is 12.3. The average molecular weight is 266 g/mol. The maximum Gasteiger partial charge on any atom is 0.143 e. The number of rotatable bonds is 1. The summed E-state index contributed by atoms with van der Waals surface area (Å²) in [4.78, 5) is 0. The summed E-state index contributed by atoms with van der Waals surface area (Å²) in [7, 11) is 1.69. The van der Waals surface area contributed by atoms with Gasteiger partial charge in [-0.3, -0.25) is 0 Å². The molecule has 2 saturated carbocycles. The van der Waals surface area contributed by atoms with Gasteiger partial charge in [0, 0.05) is 12.5 Å². The Morgan fingerprint density at radius 2 is 2.16 bits per heavy atom. The summed E-state index contributed by atoms with van der Waals surface area (Å²) in [6, 6.07) is 0. The molecule has 3 fully saturated rings. The van der Waals surface area contributed by atoms with Crippen molar-refractivity contribution in [2.45, 2.75) is 57.3 Å². The van der Waals surface area contributed by atoms with E-state index < -0.39 is 11.7 Å². The Morgan fingerprint density at radius 3 is 2.84 bits per heavy atom. The van der Waals surface area contributed by atoms with Gasteiger partial charge in [-0.15, -0.1) is 0 Å². The molecule has 0 aromatic rings. The van der Waals surface area contributed by atoms with E-state index in [4.69, 9.17) is 9.47 Å². The van der Waals surface area contributed by atoms with Crippen LogP contribution >= 0.6 is 0 Å². The van der Waals surface area contributed by atoms with Gasteiger partial charge in [0.1, 0.15) is 5.60 Å². The fourth-order valence-corrected chi connectivity index (χ4v) is 4.95. The summed E-state index contributed by atoms with van der Waals surface area (Å²) in [5.74, 6) is 1.05. The van der Waals surface area contributed by atoms with Gasteiger partial charge in [-0.25, -0.2) is 0 Å². The van der Waals surface area contributed by atoms with E-state index in [0.717, 1.165) is 12.0 Å². The minimum atomic E-state index is -0.684. The first kappa shape index (κ1) is 13.6. The molecule has 0 aromatic heterocycles. The minimum absolute atomic E-state index is 0.0247. The van der Waals surface area contributed by atoms with Crippen molar-refractivity contribution < 1.29 is 14.6 Å². The molecule has 1 aliphatic heterocycles. The zero-order chi connectivity index (χ0) is 13.8. The smallest absolute Gasteiger partial charge is 0.143 e. The molecule has 6 unspecified atom stereocenters. The van der Waals surface area contributed by atoms with Crippen molar-refractivity contribution in [1.29, 1.82) is 0 Å². The second-order valence-corrected chi connectivity index (χ2v) is 6.93. The van der Waals surface area contributed by atoms with Crippen LogP contribution in [0.4, 0.5) is 0 Å². The van der Waals surface area contributed by atoms with Crippen molar-refractivity contribution in [2.75, 3.05) is 13.7 Å². The van der Waals surface area contributed by atoms with Gasteiger partial charge >= 0.3 is 0 Å². The predicted octanol–water partition coefficient (Wildman–Crippen LogP) is 2.53. The Balaban J connectivity index is 2.05. The number of aliphatic hydroxyl groups is 1. The lowest BCUT2D eigenvalue weighted by Crippen LogP contribution is -2.66. The third kappa shape index (κ3) is 1.50. The van der Waals surface area contributed by atoms with Crippen LogP contribution in [0.25, 0.3) is 0 Å². The average Bonchev–Trinajstić information content (AvgIpc) is 2.71. The van der Waals surface area contributed by atoms with Crippen molar-refractivity contribution in [2.24, 2.45) is 17.3 Å². The van der Waals surface area contributed by atoms with E-state index in [9.17, 15) is 5.11 Å². The van der Waals surface area contributed by atoms with Crippen LogP contribution in [0.15, 0.2) is 12.2 Å². The molecule has 108 valence electrons. The van der Waals surface area contributed by atoms with E-state index in [1.165, 1.54) is 19.3 Å². The van der Waals surface area contributed by atoms with Gasteiger partial charge in [0.15, 0.2) is 0 Å². The van der Waals surface area contributed by atoms with E-state index in [2.05, 4.69) is 20.4 Å². The van der Waals surface area contributed by atoms with Crippen molar-refractivity contribution >= 4 is 0 Å². The summed E-state index contributed by atoms with van der Waals surface area (Å²) in [5.41, 5.74) is 0.142. The number of hydrogen-bond donors (Lipinski definition) is 1. The highest BCUT2D eigenvalue weighted by atomic mass is 16.6. The molecule has 3 nitrogen and oxygen atoms in total. The van der Waals surface area contributed by atoms with E-state index in [0.29, 0.717) is 18.4 Å². The number of fused-ring (bicyclic) bond motifs is 2. The highest BCUT2D eigenvalue weighted by Gasteiger charge is 2.65. The van der Waals surface area contributed by atoms with Gasteiger partial charge in [0.25, 0.3) is 0 Å². The van der Waals surface area contributed by atoms with Crippen molar-refractivity contribution in [3.05, 3.63) is 12.2 Å². The van der Waals surface area contributed by atoms with Gasteiger partial charge in [-0.05, 0) is 30.3 Å². The molecule has 0 bridgehead atoms. The zero-order valence-electron chi connectivity index (χ0n) is 12.3. The van der Waals surface area contributed by atoms with Crippen molar-refractivity contribution in [3.8, 4) is 0 Å². The van der Waals surface area contributed by atoms with E-state index in [1.54, 1.807) is 7.11 Å². The van der Waals surface area contributed by atoms with Gasteiger partial charge in [0.2, 0.25) is 0 Å². The highest BCUT2D eigenvalue weighted by molar-refractivity contribution is 5.30. The molecule has 3 aliphatic rings. The summed E-state index contributed by atoms with van der Waals surface area (Å²) in [5, 5.41) is 11.2. The first-order valence-electron chi connectivity index (χ1n) is 7.51. The van der Waals surface area contributed by atoms with Crippen LogP contribution in [0.5, 0.6) is 0 Å². The Hall–Kier alpha value is -0.380. The largest absolute Gasteiger partial charge is 0.389 e. The Labute approximate surface area is 116 Å². The number of ether oxygens (including phenoxy) is 2. The third-order valence-corrected chi connectivity index (χ3v) is 6.45. The van der Waals surface area contributed by atoms with Crippen LogP contribution in [-0.4, -0.2) is 36.6 Å². The van der Waals surface area contributed by atoms with Crippen LogP contribution < -0.4 is 0 Å². The molecule has 1 heterocycles. The maximum atomic E-state index is 11.2. The molecule has 6 atom stereocenters. The highest BCUT2D eigenvalue weighted by Crippen LogP contribution is 2.59. The lowest BCUT2D eigenvalue weighted by molar-refractivity contribution is -0.229. The summed E-state index contributed by atoms with van der Waals surface area (Å²) in [6.07, 6.45) is 4.11. The summed E-state index contributed by atoms with van der Waals surface area (Å²) >= 11 is 0. The van der Waals surface area contributed by atoms with Gasteiger partial charge in [0.05, 0.1) is 18.8 Å². The molecule has 1 saturated heterocycles. The van der Waals surface area contributed by atoms with E-state index in [1.807, 2.05) is 0 Å². The summed E-state index contributed by atoms with van der Waals surface area (Å²) in [6.45, 7) is 9.16. The minimum Gasteiger partial charge on any atom is -0.389 e.